The molecule has 3 heteroatoms. The van der Waals surface area contributed by atoms with Crippen molar-refractivity contribution in [3.63, 3.8) is 0 Å². The van der Waals surface area contributed by atoms with Crippen molar-refractivity contribution in [1.29, 1.82) is 0 Å². The summed E-state index contributed by atoms with van der Waals surface area (Å²) >= 11 is 0. The molecule has 1 rings (SSSR count). The molecule has 0 radical (unpaired) electrons. The molecule has 0 amide bonds. The minimum absolute atomic E-state index is 0.190. The van der Waals surface area contributed by atoms with Crippen LogP contribution in [-0.4, -0.2) is 18.9 Å². The van der Waals surface area contributed by atoms with Gasteiger partial charge in [0.2, 0.25) is 0 Å². The fourth-order valence-electron chi connectivity index (χ4n) is 1.61. The number of Topliss-reactive ketones (excluding diaryl/α,β-unsaturated/α-hetero) is 1. The molecule has 1 aromatic rings. The lowest BCUT2D eigenvalue weighted by Crippen LogP contribution is -2.23. The Hall–Kier alpha value is -1.64. The highest BCUT2D eigenvalue weighted by Crippen LogP contribution is 2.16. The van der Waals surface area contributed by atoms with Gasteiger partial charge in [-0.2, -0.15) is 0 Å². The Morgan fingerprint density at radius 2 is 1.88 bits per heavy atom. The molecular formula is C13H16O3. The van der Waals surface area contributed by atoms with Crippen molar-refractivity contribution in [2.75, 3.05) is 7.11 Å². The number of aryl methyl sites for hydroxylation is 2. The van der Waals surface area contributed by atoms with Crippen molar-refractivity contribution >= 4 is 11.8 Å². The summed E-state index contributed by atoms with van der Waals surface area (Å²) in [5, 5.41) is 0. The zero-order chi connectivity index (χ0) is 12.3. The van der Waals surface area contributed by atoms with E-state index in [1.807, 2.05) is 26.0 Å². The van der Waals surface area contributed by atoms with E-state index in [-0.39, 0.29) is 5.78 Å². The van der Waals surface area contributed by atoms with E-state index >= 15 is 0 Å². The molecule has 86 valence electrons. The van der Waals surface area contributed by atoms with E-state index in [2.05, 4.69) is 4.74 Å². The van der Waals surface area contributed by atoms with Crippen molar-refractivity contribution in [3.05, 3.63) is 34.9 Å². The van der Waals surface area contributed by atoms with Gasteiger partial charge in [0.25, 0.3) is 0 Å². The van der Waals surface area contributed by atoms with Gasteiger partial charge in [0.1, 0.15) is 5.92 Å². The second kappa shape index (κ2) is 4.92. The van der Waals surface area contributed by atoms with E-state index in [9.17, 15) is 9.59 Å². The highest BCUT2D eigenvalue weighted by Gasteiger charge is 2.24. The molecule has 0 saturated carbocycles. The van der Waals surface area contributed by atoms with E-state index in [1.165, 1.54) is 7.11 Å². The second-order valence-corrected chi connectivity index (χ2v) is 3.93. The van der Waals surface area contributed by atoms with Crippen molar-refractivity contribution < 1.29 is 14.3 Å². The van der Waals surface area contributed by atoms with Gasteiger partial charge in [-0.3, -0.25) is 9.59 Å². The van der Waals surface area contributed by atoms with E-state index in [0.717, 1.165) is 11.1 Å². The molecule has 0 N–H and O–H groups in total. The van der Waals surface area contributed by atoms with Crippen LogP contribution in [0.1, 0.15) is 28.4 Å². The summed E-state index contributed by atoms with van der Waals surface area (Å²) in [6.07, 6.45) is 0. The largest absolute Gasteiger partial charge is 0.468 e. The molecule has 3 nitrogen and oxygen atoms in total. The van der Waals surface area contributed by atoms with Crippen LogP contribution >= 0.6 is 0 Å². The highest BCUT2D eigenvalue weighted by molar-refractivity contribution is 6.09. The lowest BCUT2D eigenvalue weighted by molar-refractivity contribution is -0.143. The van der Waals surface area contributed by atoms with Crippen molar-refractivity contribution in [3.8, 4) is 0 Å². The van der Waals surface area contributed by atoms with E-state index in [0.29, 0.717) is 5.56 Å². The summed E-state index contributed by atoms with van der Waals surface area (Å²) in [4.78, 5) is 23.2. The van der Waals surface area contributed by atoms with Crippen LogP contribution in [0.15, 0.2) is 18.2 Å². The van der Waals surface area contributed by atoms with Crippen LogP contribution in [0.4, 0.5) is 0 Å². The van der Waals surface area contributed by atoms with Crippen LogP contribution < -0.4 is 0 Å². The number of carbonyl (C=O) groups is 2. The van der Waals surface area contributed by atoms with Gasteiger partial charge in [0.15, 0.2) is 5.78 Å². The minimum atomic E-state index is -0.744. The molecule has 0 saturated heterocycles. The Bertz CT molecular complexity index is 421. The molecule has 1 unspecified atom stereocenters. The fourth-order valence-corrected chi connectivity index (χ4v) is 1.61. The smallest absolute Gasteiger partial charge is 0.316 e. The van der Waals surface area contributed by atoms with Crippen LogP contribution in [-0.2, 0) is 9.53 Å². The number of methoxy groups -OCH3 is 1. The number of hydrogen-bond donors (Lipinski definition) is 0. The van der Waals surface area contributed by atoms with Crippen molar-refractivity contribution in [2.45, 2.75) is 20.8 Å². The van der Waals surface area contributed by atoms with Gasteiger partial charge in [0.05, 0.1) is 7.11 Å². The maximum Gasteiger partial charge on any atom is 0.316 e. The fraction of sp³-hybridized carbons (Fsp3) is 0.385. The molecule has 0 bridgehead atoms. The summed E-state index contributed by atoms with van der Waals surface area (Å²) in [6, 6.07) is 5.55. The molecule has 0 aliphatic rings. The molecule has 1 aromatic carbocycles. The van der Waals surface area contributed by atoms with Crippen molar-refractivity contribution in [1.82, 2.24) is 0 Å². The topological polar surface area (TPSA) is 43.4 Å². The highest BCUT2D eigenvalue weighted by atomic mass is 16.5. The third-order valence-electron chi connectivity index (χ3n) is 2.60. The first kappa shape index (κ1) is 12.4. The average Bonchev–Trinajstić information content (AvgIpc) is 2.26. The average molecular weight is 220 g/mol. The first-order chi connectivity index (χ1) is 7.47. The minimum Gasteiger partial charge on any atom is -0.468 e. The summed E-state index contributed by atoms with van der Waals surface area (Å²) in [5.41, 5.74) is 2.57. The Balaban J connectivity index is 3.01. The van der Waals surface area contributed by atoms with E-state index < -0.39 is 11.9 Å². The number of benzene rings is 1. The number of carbonyl (C=O) groups excluding carboxylic acids is 2. The lowest BCUT2D eigenvalue weighted by Gasteiger charge is -2.10. The summed E-state index contributed by atoms with van der Waals surface area (Å²) in [6.45, 7) is 5.39. The van der Waals surface area contributed by atoms with Gasteiger partial charge in [-0.1, -0.05) is 23.8 Å². The third-order valence-corrected chi connectivity index (χ3v) is 2.60. The lowest BCUT2D eigenvalue weighted by atomic mass is 9.95. The molecule has 16 heavy (non-hydrogen) atoms. The molecule has 0 spiro atoms. The molecule has 0 aliphatic carbocycles. The van der Waals surface area contributed by atoms with Gasteiger partial charge in [-0.25, -0.2) is 0 Å². The first-order valence-electron chi connectivity index (χ1n) is 5.16. The van der Waals surface area contributed by atoms with Crippen LogP contribution in [0.25, 0.3) is 0 Å². The van der Waals surface area contributed by atoms with Crippen molar-refractivity contribution in [2.24, 2.45) is 5.92 Å². The first-order valence-corrected chi connectivity index (χ1v) is 5.16. The van der Waals surface area contributed by atoms with Gasteiger partial charge >= 0.3 is 5.97 Å². The Kier molecular flexibility index (Phi) is 3.82. The van der Waals surface area contributed by atoms with E-state index in [1.54, 1.807) is 13.0 Å². The molecule has 0 aromatic heterocycles. The summed E-state index contributed by atoms with van der Waals surface area (Å²) in [5.74, 6) is -1.43. The maximum atomic E-state index is 12.0. The predicted octanol–water partition coefficient (Wildman–Crippen LogP) is 2.30. The van der Waals surface area contributed by atoms with Crippen LogP contribution in [0, 0.1) is 19.8 Å². The molecule has 1 atom stereocenters. The third kappa shape index (κ3) is 2.48. The Morgan fingerprint density at radius 3 is 2.38 bits per heavy atom. The zero-order valence-electron chi connectivity index (χ0n) is 10.0. The van der Waals surface area contributed by atoms with Gasteiger partial charge < -0.3 is 4.74 Å². The zero-order valence-corrected chi connectivity index (χ0v) is 10.0. The SMILES string of the molecule is COC(=O)C(C)C(=O)c1ccc(C)cc1C. The molecule has 0 fully saturated rings. The summed E-state index contributed by atoms with van der Waals surface area (Å²) in [7, 11) is 1.29. The number of ketones is 1. The van der Waals surface area contributed by atoms with Crippen LogP contribution in [0.3, 0.4) is 0 Å². The van der Waals surface area contributed by atoms with Gasteiger partial charge in [-0.05, 0) is 26.3 Å². The molecule has 0 aliphatic heterocycles. The quantitative estimate of drug-likeness (QED) is 0.446. The standard InChI is InChI=1S/C13H16O3/c1-8-5-6-11(9(2)7-8)12(14)10(3)13(15)16-4/h5-7,10H,1-4H3. The molecular weight excluding hydrogens is 204 g/mol. The van der Waals surface area contributed by atoms with Crippen LogP contribution in [0.5, 0.6) is 0 Å². The normalized spacial score (nSPS) is 12.0. The number of esters is 1. The van der Waals surface area contributed by atoms with Gasteiger partial charge in [0, 0.05) is 5.56 Å². The predicted molar refractivity (Wildman–Crippen MR) is 61.4 cm³/mol. The monoisotopic (exact) mass is 220 g/mol. The second-order valence-electron chi connectivity index (χ2n) is 3.93. The number of hydrogen-bond acceptors (Lipinski definition) is 3. The Morgan fingerprint density at radius 1 is 1.25 bits per heavy atom. The molecule has 0 heterocycles. The van der Waals surface area contributed by atoms with E-state index in [4.69, 9.17) is 0 Å². The maximum absolute atomic E-state index is 12.0. The number of ether oxygens (including phenoxy) is 1. The summed E-state index contributed by atoms with van der Waals surface area (Å²) < 4.78 is 4.56. The Labute approximate surface area is 95.4 Å². The van der Waals surface area contributed by atoms with Gasteiger partial charge in [-0.15, -0.1) is 0 Å². The van der Waals surface area contributed by atoms with Crippen LogP contribution in [0.2, 0.25) is 0 Å². The number of rotatable bonds is 3.